The molecule has 0 aliphatic carbocycles. The number of nitrogens with one attached hydrogen (secondary N) is 1. The van der Waals surface area contributed by atoms with Gasteiger partial charge in [0.2, 0.25) is 0 Å². The van der Waals surface area contributed by atoms with Crippen LogP contribution in [0.1, 0.15) is 11.4 Å². The summed E-state index contributed by atoms with van der Waals surface area (Å²) in [6.07, 6.45) is 3.46. The maximum absolute atomic E-state index is 12.4. The predicted molar refractivity (Wildman–Crippen MR) is 78.3 cm³/mol. The summed E-state index contributed by atoms with van der Waals surface area (Å²) in [6, 6.07) is 7.60. The molecule has 0 bridgehead atoms. The first kappa shape index (κ1) is 12.2. The van der Waals surface area contributed by atoms with Crippen molar-refractivity contribution < 1.29 is 0 Å². The van der Waals surface area contributed by atoms with Crippen molar-refractivity contribution in [1.29, 1.82) is 0 Å². The number of H-pyrrole nitrogens is 1. The fraction of sp³-hybridized carbons (Fsp3) is 0.143. The van der Waals surface area contributed by atoms with E-state index in [2.05, 4.69) is 25.9 Å². The van der Waals surface area contributed by atoms with Crippen molar-refractivity contribution in [3.63, 3.8) is 0 Å². The van der Waals surface area contributed by atoms with Crippen LogP contribution >= 0.6 is 15.9 Å². The van der Waals surface area contributed by atoms with Gasteiger partial charge in [-0.15, -0.1) is 0 Å². The molecule has 0 spiro atoms. The van der Waals surface area contributed by atoms with Crippen molar-refractivity contribution in [3.8, 4) is 0 Å². The van der Waals surface area contributed by atoms with Crippen LogP contribution in [0, 0.1) is 6.92 Å². The number of halogens is 1. The number of hydrogen-bond acceptors (Lipinski definition) is 2. The molecular weight excluding hydrogens is 306 g/mol. The molecule has 4 nitrogen and oxygen atoms in total. The highest BCUT2D eigenvalue weighted by Gasteiger charge is 2.07. The van der Waals surface area contributed by atoms with E-state index in [1.807, 2.05) is 37.4 Å². The third kappa shape index (κ3) is 2.10. The number of imidazole rings is 1. The maximum Gasteiger partial charge on any atom is 0.258 e. The number of aromatic nitrogens is 3. The van der Waals surface area contributed by atoms with Gasteiger partial charge in [0, 0.05) is 27.1 Å². The van der Waals surface area contributed by atoms with Gasteiger partial charge in [0.1, 0.15) is 0 Å². The highest BCUT2D eigenvalue weighted by Crippen LogP contribution is 2.21. The number of aryl methyl sites for hydroxylation is 1. The van der Waals surface area contributed by atoms with Crippen LogP contribution in [0.4, 0.5) is 0 Å². The highest BCUT2D eigenvalue weighted by atomic mass is 79.9. The summed E-state index contributed by atoms with van der Waals surface area (Å²) < 4.78 is 2.61. The van der Waals surface area contributed by atoms with Crippen LogP contribution in [0.25, 0.3) is 10.8 Å². The molecule has 0 saturated heterocycles. The Morgan fingerprint density at radius 1 is 1.32 bits per heavy atom. The molecule has 96 valence electrons. The average molecular weight is 318 g/mol. The minimum Gasteiger partial charge on any atom is -0.348 e. The summed E-state index contributed by atoms with van der Waals surface area (Å²) in [4.78, 5) is 19.7. The third-order valence-corrected chi connectivity index (χ3v) is 3.91. The van der Waals surface area contributed by atoms with E-state index in [0.717, 1.165) is 21.2 Å². The molecule has 0 radical (unpaired) electrons. The van der Waals surface area contributed by atoms with Crippen LogP contribution in [-0.2, 0) is 6.54 Å². The molecule has 0 aliphatic rings. The third-order valence-electron chi connectivity index (χ3n) is 3.22. The second-order valence-electron chi connectivity index (χ2n) is 4.42. The molecule has 19 heavy (non-hydrogen) atoms. The Morgan fingerprint density at radius 3 is 2.89 bits per heavy atom. The summed E-state index contributed by atoms with van der Waals surface area (Å²) >= 11 is 3.46. The SMILES string of the molecule is Cc1[nH]cnc1Cn1ccc2c(Br)cccc2c1=O. The van der Waals surface area contributed by atoms with E-state index in [1.54, 1.807) is 10.9 Å². The van der Waals surface area contributed by atoms with Gasteiger partial charge in [-0.3, -0.25) is 4.79 Å². The molecule has 3 rings (SSSR count). The van der Waals surface area contributed by atoms with Crippen molar-refractivity contribution in [2.45, 2.75) is 13.5 Å². The highest BCUT2D eigenvalue weighted by molar-refractivity contribution is 9.10. The molecule has 0 fully saturated rings. The van der Waals surface area contributed by atoms with Crippen LogP contribution in [0.5, 0.6) is 0 Å². The van der Waals surface area contributed by atoms with Crippen molar-refractivity contribution >= 4 is 26.7 Å². The van der Waals surface area contributed by atoms with E-state index in [4.69, 9.17) is 0 Å². The topological polar surface area (TPSA) is 50.7 Å². The van der Waals surface area contributed by atoms with E-state index >= 15 is 0 Å². The van der Waals surface area contributed by atoms with E-state index in [9.17, 15) is 4.79 Å². The Morgan fingerprint density at radius 2 is 2.16 bits per heavy atom. The first-order valence-electron chi connectivity index (χ1n) is 5.93. The molecule has 3 aromatic rings. The summed E-state index contributed by atoms with van der Waals surface area (Å²) in [5, 5.41) is 1.65. The molecule has 0 saturated carbocycles. The van der Waals surface area contributed by atoms with Gasteiger partial charge in [-0.25, -0.2) is 4.98 Å². The Labute approximate surface area is 118 Å². The lowest BCUT2D eigenvalue weighted by molar-refractivity contribution is 0.746. The normalized spacial score (nSPS) is 11.1. The average Bonchev–Trinajstić information content (AvgIpc) is 2.79. The van der Waals surface area contributed by atoms with Gasteiger partial charge in [-0.2, -0.15) is 0 Å². The lowest BCUT2D eigenvalue weighted by Gasteiger charge is -2.07. The summed E-state index contributed by atoms with van der Waals surface area (Å²) in [6.45, 7) is 2.43. The zero-order chi connectivity index (χ0) is 13.4. The molecule has 2 heterocycles. The Bertz CT molecular complexity index is 804. The Hall–Kier alpha value is -1.88. The van der Waals surface area contributed by atoms with E-state index in [0.29, 0.717) is 11.9 Å². The maximum atomic E-state index is 12.4. The molecule has 5 heteroatoms. The van der Waals surface area contributed by atoms with Gasteiger partial charge in [-0.1, -0.05) is 22.0 Å². The van der Waals surface area contributed by atoms with Crippen LogP contribution in [0.2, 0.25) is 0 Å². The van der Waals surface area contributed by atoms with Gasteiger partial charge < -0.3 is 9.55 Å². The number of benzene rings is 1. The lowest BCUT2D eigenvalue weighted by Crippen LogP contribution is -2.20. The zero-order valence-corrected chi connectivity index (χ0v) is 11.9. The lowest BCUT2D eigenvalue weighted by atomic mass is 10.2. The standard InChI is InChI=1S/C14H12BrN3O/c1-9-13(17-8-16-9)7-18-6-5-10-11(14(18)19)3-2-4-12(10)15/h2-6,8H,7H2,1H3,(H,16,17). The molecule has 1 aromatic carbocycles. The second kappa shape index (κ2) is 4.66. The van der Waals surface area contributed by atoms with E-state index in [-0.39, 0.29) is 5.56 Å². The molecule has 0 aliphatic heterocycles. The van der Waals surface area contributed by atoms with E-state index < -0.39 is 0 Å². The molecule has 1 N–H and O–H groups in total. The number of pyridine rings is 1. The van der Waals surface area contributed by atoms with Crippen LogP contribution in [0.3, 0.4) is 0 Å². The monoisotopic (exact) mass is 317 g/mol. The van der Waals surface area contributed by atoms with Crippen LogP contribution in [0.15, 0.2) is 46.1 Å². The van der Waals surface area contributed by atoms with Crippen molar-refractivity contribution in [1.82, 2.24) is 14.5 Å². The first-order valence-corrected chi connectivity index (χ1v) is 6.72. The fourth-order valence-electron chi connectivity index (χ4n) is 2.11. The fourth-order valence-corrected chi connectivity index (χ4v) is 2.61. The minimum atomic E-state index is 0.00111. The van der Waals surface area contributed by atoms with Gasteiger partial charge in [0.25, 0.3) is 5.56 Å². The van der Waals surface area contributed by atoms with E-state index in [1.165, 1.54) is 0 Å². The van der Waals surface area contributed by atoms with Crippen LogP contribution in [-0.4, -0.2) is 14.5 Å². The smallest absolute Gasteiger partial charge is 0.258 e. The minimum absolute atomic E-state index is 0.00111. The largest absolute Gasteiger partial charge is 0.348 e. The van der Waals surface area contributed by atoms with Crippen molar-refractivity contribution in [2.24, 2.45) is 0 Å². The number of hydrogen-bond donors (Lipinski definition) is 1. The number of nitrogens with zero attached hydrogens (tertiary/aromatic N) is 2. The summed E-state index contributed by atoms with van der Waals surface area (Å²) in [7, 11) is 0. The quantitative estimate of drug-likeness (QED) is 0.790. The van der Waals surface area contributed by atoms with Crippen molar-refractivity contribution in [3.05, 3.63) is 63.0 Å². The second-order valence-corrected chi connectivity index (χ2v) is 5.28. The molecular formula is C14H12BrN3O. The molecule has 0 atom stereocenters. The Balaban J connectivity index is 2.14. The molecule has 2 aromatic heterocycles. The number of rotatable bonds is 2. The Kier molecular flexibility index (Phi) is 2.98. The zero-order valence-electron chi connectivity index (χ0n) is 10.4. The molecule has 0 amide bonds. The first-order chi connectivity index (χ1) is 9.16. The number of fused-ring (bicyclic) bond motifs is 1. The summed E-state index contributed by atoms with van der Waals surface area (Å²) in [5.41, 5.74) is 1.87. The van der Waals surface area contributed by atoms with Gasteiger partial charge in [0.15, 0.2) is 0 Å². The van der Waals surface area contributed by atoms with Gasteiger partial charge in [-0.05, 0) is 25.1 Å². The summed E-state index contributed by atoms with van der Waals surface area (Å²) in [5.74, 6) is 0. The van der Waals surface area contributed by atoms with Gasteiger partial charge >= 0.3 is 0 Å². The predicted octanol–water partition coefficient (Wildman–Crippen LogP) is 2.84. The number of aromatic amines is 1. The van der Waals surface area contributed by atoms with Crippen molar-refractivity contribution in [2.75, 3.05) is 0 Å². The molecule has 0 unspecified atom stereocenters. The van der Waals surface area contributed by atoms with Gasteiger partial charge in [0.05, 0.1) is 18.6 Å². The van der Waals surface area contributed by atoms with Crippen LogP contribution < -0.4 is 5.56 Å².